The molecule has 66 valence electrons. The fourth-order valence-corrected chi connectivity index (χ4v) is 0.555. The number of hydrogen-bond acceptors (Lipinski definition) is 3. The number of aliphatic hydroxyl groups is 1. The van der Waals surface area contributed by atoms with E-state index in [-0.39, 0.29) is 19.7 Å². The molecule has 0 aliphatic heterocycles. The van der Waals surface area contributed by atoms with Crippen molar-refractivity contribution in [3.05, 3.63) is 20.9 Å². The van der Waals surface area contributed by atoms with Gasteiger partial charge in [-0.3, -0.25) is 0 Å². The lowest BCUT2D eigenvalue weighted by Crippen LogP contribution is -2.28. The second kappa shape index (κ2) is 5.26. The zero-order valence-electron chi connectivity index (χ0n) is 6.75. The first-order valence-electron chi connectivity index (χ1n) is 3.31. The predicted molar refractivity (Wildman–Crippen MR) is 43.2 cm³/mol. The Kier molecular flexibility index (Phi) is 4.64. The molecule has 0 saturated carbocycles. The van der Waals surface area contributed by atoms with E-state index in [4.69, 9.17) is 16.2 Å². The molecule has 0 rings (SSSR count). The lowest BCUT2D eigenvalue weighted by Gasteiger charge is -2.21. The van der Waals surface area contributed by atoms with E-state index < -0.39 is 5.41 Å². The molecule has 0 aromatic carbocycles. The lowest BCUT2D eigenvalue weighted by molar-refractivity contribution is 0.157. The number of azide groups is 2. The van der Waals surface area contributed by atoms with Gasteiger partial charge in [-0.05, 0) is 11.1 Å². The molecule has 0 aromatic rings. The van der Waals surface area contributed by atoms with Crippen LogP contribution >= 0.6 is 0 Å². The summed E-state index contributed by atoms with van der Waals surface area (Å²) in [5, 5.41) is 15.5. The van der Waals surface area contributed by atoms with Crippen LogP contribution in [0, 0.1) is 5.41 Å². The molecule has 12 heavy (non-hydrogen) atoms. The van der Waals surface area contributed by atoms with Crippen LogP contribution in [0.25, 0.3) is 20.9 Å². The molecule has 0 spiro atoms. The molecule has 0 aromatic heterocycles. The zero-order valence-corrected chi connectivity index (χ0v) is 6.75. The Labute approximate surface area is 69.3 Å². The van der Waals surface area contributed by atoms with Gasteiger partial charge in [0.25, 0.3) is 0 Å². The first-order chi connectivity index (χ1) is 5.68. The number of nitrogens with zero attached hydrogens (tertiary/aromatic N) is 6. The van der Waals surface area contributed by atoms with Crippen molar-refractivity contribution in [1.82, 2.24) is 0 Å². The molecule has 0 radical (unpaired) electrons. The summed E-state index contributed by atoms with van der Waals surface area (Å²) in [6.07, 6.45) is 0. The van der Waals surface area contributed by atoms with Gasteiger partial charge in [0.05, 0.1) is 0 Å². The molecular formula is C5H10N6O. The highest BCUT2D eigenvalue weighted by Gasteiger charge is 2.21. The molecule has 0 amide bonds. The molecule has 0 bridgehead atoms. The molecule has 0 unspecified atom stereocenters. The van der Waals surface area contributed by atoms with Crippen molar-refractivity contribution < 1.29 is 5.11 Å². The quantitative estimate of drug-likeness (QED) is 0.376. The molecule has 0 aliphatic carbocycles. The Morgan fingerprint density at radius 3 is 1.92 bits per heavy atom. The maximum Gasteiger partial charge on any atom is 0.0487 e. The average Bonchev–Trinajstić information content (AvgIpc) is 2.11. The largest absolute Gasteiger partial charge is 0.396 e. The third-order valence-electron chi connectivity index (χ3n) is 1.41. The minimum absolute atomic E-state index is 0.124. The third-order valence-corrected chi connectivity index (χ3v) is 1.41. The van der Waals surface area contributed by atoms with Gasteiger partial charge >= 0.3 is 0 Å². The van der Waals surface area contributed by atoms with Crippen LogP contribution in [0.3, 0.4) is 0 Å². The van der Waals surface area contributed by atoms with E-state index in [0.29, 0.717) is 0 Å². The van der Waals surface area contributed by atoms with Gasteiger partial charge in [0, 0.05) is 34.9 Å². The Bertz CT molecular complexity index is 206. The van der Waals surface area contributed by atoms with Crippen LogP contribution in [-0.2, 0) is 0 Å². The van der Waals surface area contributed by atoms with E-state index >= 15 is 0 Å². The first kappa shape index (κ1) is 10.6. The van der Waals surface area contributed by atoms with E-state index in [1.807, 2.05) is 0 Å². The molecule has 0 heterocycles. The van der Waals surface area contributed by atoms with E-state index in [2.05, 4.69) is 20.1 Å². The topological polar surface area (TPSA) is 118 Å². The first-order valence-corrected chi connectivity index (χ1v) is 3.31. The molecule has 0 aliphatic rings. The van der Waals surface area contributed by atoms with Crippen LogP contribution in [0.2, 0.25) is 0 Å². The van der Waals surface area contributed by atoms with Crippen LogP contribution in [0.5, 0.6) is 0 Å². The zero-order chi connectivity index (χ0) is 9.45. The number of hydrogen-bond donors (Lipinski definition) is 1. The Balaban J connectivity index is 4.21. The van der Waals surface area contributed by atoms with Crippen molar-refractivity contribution in [2.24, 2.45) is 15.6 Å². The molecule has 7 heteroatoms. The summed E-state index contributed by atoms with van der Waals surface area (Å²) in [6.45, 7) is 1.75. The predicted octanol–water partition coefficient (Wildman–Crippen LogP) is 1.61. The third kappa shape index (κ3) is 3.68. The molecule has 0 atom stereocenters. The summed E-state index contributed by atoms with van der Waals surface area (Å²) in [5.74, 6) is 0. The van der Waals surface area contributed by atoms with Crippen molar-refractivity contribution in [2.75, 3.05) is 19.7 Å². The number of rotatable bonds is 5. The summed E-state index contributed by atoms with van der Waals surface area (Å²) in [7, 11) is 0. The average molecular weight is 170 g/mol. The summed E-state index contributed by atoms with van der Waals surface area (Å²) < 4.78 is 0. The Morgan fingerprint density at radius 2 is 1.67 bits per heavy atom. The van der Waals surface area contributed by atoms with Gasteiger partial charge in [0.2, 0.25) is 0 Å². The highest BCUT2D eigenvalue weighted by atomic mass is 16.3. The second-order valence-electron chi connectivity index (χ2n) is 2.75. The van der Waals surface area contributed by atoms with Gasteiger partial charge in [0.1, 0.15) is 0 Å². The van der Waals surface area contributed by atoms with Gasteiger partial charge in [-0.25, -0.2) is 0 Å². The molecule has 0 fully saturated rings. The Hall–Kier alpha value is -1.42. The van der Waals surface area contributed by atoms with Crippen molar-refractivity contribution in [1.29, 1.82) is 0 Å². The van der Waals surface area contributed by atoms with Crippen LogP contribution in [0.1, 0.15) is 6.92 Å². The maximum absolute atomic E-state index is 8.87. The van der Waals surface area contributed by atoms with Crippen molar-refractivity contribution in [3.8, 4) is 0 Å². The van der Waals surface area contributed by atoms with Gasteiger partial charge in [0.15, 0.2) is 0 Å². The van der Waals surface area contributed by atoms with Crippen molar-refractivity contribution >= 4 is 0 Å². The van der Waals surface area contributed by atoms with Crippen LogP contribution in [0.15, 0.2) is 10.2 Å². The van der Waals surface area contributed by atoms with E-state index in [0.717, 1.165) is 0 Å². The summed E-state index contributed by atoms with van der Waals surface area (Å²) in [4.78, 5) is 5.11. The van der Waals surface area contributed by atoms with Crippen LogP contribution in [-0.4, -0.2) is 24.8 Å². The summed E-state index contributed by atoms with van der Waals surface area (Å²) in [6, 6.07) is 0. The normalized spacial score (nSPS) is 13.8. The summed E-state index contributed by atoms with van der Waals surface area (Å²) in [5.41, 5.74) is 15.4. The van der Waals surface area contributed by atoms with Gasteiger partial charge in [-0.15, -0.1) is 0 Å². The SMILES string of the molecule is CC(CO)(CN=[N+]=[N-])CN=[N+]=[N-]. The van der Waals surface area contributed by atoms with Gasteiger partial charge < -0.3 is 5.11 Å². The smallest absolute Gasteiger partial charge is 0.0487 e. The van der Waals surface area contributed by atoms with Crippen molar-refractivity contribution in [3.63, 3.8) is 0 Å². The molecule has 1 N–H and O–H groups in total. The van der Waals surface area contributed by atoms with E-state index in [9.17, 15) is 0 Å². The van der Waals surface area contributed by atoms with Gasteiger partial charge in [-0.2, -0.15) is 0 Å². The Morgan fingerprint density at radius 1 is 1.25 bits per heavy atom. The van der Waals surface area contributed by atoms with E-state index in [1.54, 1.807) is 6.92 Å². The highest BCUT2D eigenvalue weighted by Crippen LogP contribution is 2.16. The second-order valence-corrected chi connectivity index (χ2v) is 2.75. The van der Waals surface area contributed by atoms with Crippen molar-refractivity contribution in [2.45, 2.75) is 6.92 Å². The maximum atomic E-state index is 8.87. The monoisotopic (exact) mass is 170 g/mol. The standard InChI is InChI=1S/C5H10N6O/c1-5(4-12,2-8-10-6)3-9-11-7/h12H,2-4H2,1H3. The lowest BCUT2D eigenvalue weighted by atomic mass is 9.92. The molecule has 7 nitrogen and oxygen atoms in total. The van der Waals surface area contributed by atoms with E-state index in [1.165, 1.54) is 0 Å². The van der Waals surface area contributed by atoms with Gasteiger partial charge in [-0.1, -0.05) is 17.2 Å². The highest BCUT2D eigenvalue weighted by molar-refractivity contribution is 4.78. The number of aliphatic hydroxyl groups excluding tert-OH is 1. The fourth-order valence-electron chi connectivity index (χ4n) is 0.555. The van der Waals surface area contributed by atoms with Crippen LogP contribution < -0.4 is 0 Å². The molecule has 0 saturated heterocycles. The fraction of sp³-hybridized carbons (Fsp3) is 1.00. The summed E-state index contributed by atoms with van der Waals surface area (Å²) >= 11 is 0. The molecular weight excluding hydrogens is 160 g/mol. The van der Waals surface area contributed by atoms with Crippen LogP contribution in [0.4, 0.5) is 0 Å². The minimum Gasteiger partial charge on any atom is -0.396 e. The minimum atomic E-state index is -0.640.